The molecular weight excluding hydrogens is 366 g/mol. The summed E-state index contributed by atoms with van der Waals surface area (Å²) < 4.78 is 5.38. The van der Waals surface area contributed by atoms with Crippen LogP contribution in [0.1, 0.15) is 35.3 Å². The van der Waals surface area contributed by atoms with Crippen molar-refractivity contribution in [3.05, 3.63) is 67.6 Å². The number of nitrogens with one attached hydrogen (secondary N) is 1. The number of ether oxygens (including phenoxy) is 1. The van der Waals surface area contributed by atoms with Gasteiger partial charge in [0.1, 0.15) is 6.54 Å². The van der Waals surface area contributed by atoms with Crippen molar-refractivity contribution in [3.8, 4) is 0 Å². The van der Waals surface area contributed by atoms with Gasteiger partial charge in [-0.2, -0.15) is 0 Å². The van der Waals surface area contributed by atoms with E-state index in [4.69, 9.17) is 0 Å². The van der Waals surface area contributed by atoms with Crippen LogP contribution in [0.5, 0.6) is 0 Å². The van der Waals surface area contributed by atoms with Crippen LogP contribution in [0.3, 0.4) is 0 Å². The molecule has 9 heteroatoms. The van der Waals surface area contributed by atoms with E-state index in [1.807, 2.05) is 32.0 Å². The van der Waals surface area contributed by atoms with Crippen molar-refractivity contribution >= 4 is 23.3 Å². The van der Waals surface area contributed by atoms with Gasteiger partial charge in [-0.3, -0.25) is 24.3 Å². The number of pyridine rings is 1. The molecular formula is C19H21N3O6. The van der Waals surface area contributed by atoms with Crippen LogP contribution in [-0.2, 0) is 28.9 Å². The number of anilines is 1. The second-order valence-corrected chi connectivity index (χ2v) is 6.00. The summed E-state index contributed by atoms with van der Waals surface area (Å²) >= 11 is 0. The molecule has 1 aromatic carbocycles. The lowest BCUT2D eigenvalue weighted by molar-refractivity contribution is -0.386. The molecule has 1 N–H and O–H groups in total. The summed E-state index contributed by atoms with van der Waals surface area (Å²) in [6.45, 7) is 3.43. The van der Waals surface area contributed by atoms with Crippen molar-refractivity contribution in [2.24, 2.45) is 0 Å². The number of hydrogen-bond acceptors (Lipinski definition) is 6. The first kappa shape index (κ1) is 20.8. The Kier molecular flexibility index (Phi) is 6.64. The maximum absolute atomic E-state index is 12.5. The van der Waals surface area contributed by atoms with Crippen molar-refractivity contribution in [2.45, 2.75) is 33.2 Å². The summed E-state index contributed by atoms with van der Waals surface area (Å²) in [5, 5.41) is 13.9. The molecule has 148 valence electrons. The highest BCUT2D eigenvalue weighted by molar-refractivity contribution is 5.93. The van der Waals surface area contributed by atoms with E-state index in [1.165, 1.54) is 0 Å². The first-order chi connectivity index (χ1) is 13.3. The van der Waals surface area contributed by atoms with Crippen LogP contribution in [0.2, 0.25) is 0 Å². The second kappa shape index (κ2) is 8.94. The molecule has 0 aliphatic heterocycles. The van der Waals surface area contributed by atoms with Gasteiger partial charge in [0.15, 0.2) is 0 Å². The third-order valence-corrected chi connectivity index (χ3v) is 4.26. The Balaban J connectivity index is 2.39. The number of benzene rings is 1. The highest BCUT2D eigenvalue weighted by Gasteiger charge is 2.21. The molecule has 28 heavy (non-hydrogen) atoms. The smallest absolute Gasteiger partial charge is 0.339 e. The number of esters is 1. The monoisotopic (exact) mass is 387 g/mol. The van der Waals surface area contributed by atoms with Crippen LogP contribution in [0.4, 0.5) is 11.4 Å². The predicted molar refractivity (Wildman–Crippen MR) is 103 cm³/mol. The Morgan fingerprint density at radius 2 is 1.82 bits per heavy atom. The molecule has 1 aromatic heterocycles. The SMILES string of the molecule is CCc1cccc(CC)c1NC(=O)Cn1cc(C(=O)OC)cc([N+](=O)[O-])c1=O. The number of amides is 1. The van der Waals surface area contributed by atoms with Crippen LogP contribution < -0.4 is 10.9 Å². The van der Waals surface area contributed by atoms with Crippen LogP contribution in [0, 0.1) is 10.1 Å². The normalized spacial score (nSPS) is 10.4. The maximum Gasteiger partial charge on any atom is 0.339 e. The minimum atomic E-state index is -0.979. The number of methoxy groups -OCH3 is 1. The van der Waals surface area contributed by atoms with E-state index in [9.17, 15) is 24.5 Å². The number of carbonyl (C=O) groups excluding carboxylic acids is 2. The standard InChI is InChI=1S/C19H21N3O6/c1-4-12-7-6-8-13(5-2)17(12)20-16(23)11-21-10-14(19(25)28-3)9-15(18(21)24)22(26)27/h6-10H,4-5,11H2,1-3H3,(H,20,23). The molecule has 0 saturated carbocycles. The third-order valence-electron chi connectivity index (χ3n) is 4.26. The van der Waals surface area contributed by atoms with Crippen LogP contribution in [0.25, 0.3) is 0 Å². The fraction of sp³-hybridized carbons (Fsp3) is 0.316. The Bertz CT molecular complexity index is 958. The van der Waals surface area contributed by atoms with E-state index in [1.54, 1.807) is 0 Å². The number of rotatable bonds is 7. The molecule has 0 aliphatic carbocycles. The van der Waals surface area contributed by atoms with Gasteiger partial charge in [0.05, 0.1) is 17.6 Å². The van der Waals surface area contributed by atoms with E-state index in [0.29, 0.717) is 18.5 Å². The zero-order valence-corrected chi connectivity index (χ0v) is 15.9. The molecule has 1 heterocycles. The molecule has 2 aromatic rings. The number of nitro groups is 1. The predicted octanol–water partition coefficient (Wildman–Crippen LogP) is 2.31. The largest absolute Gasteiger partial charge is 0.465 e. The first-order valence-electron chi connectivity index (χ1n) is 8.70. The molecule has 0 saturated heterocycles. The summed E-state index contributed by atoms with van der Waals surface area (Å²) in [6.07, 6.45) is 2.48. The lowest BCUT2D eigenvalue weighted by Crippen LogP contribution is -2.30. The quantitative estimate of drug-likeness (QED) is 0.442. The van der Waals surface area contributed by atoms with Crippen molar-refractivity contribution in [1.29, 1.82) is 0 Å². The fourth-order valence-corrected chi connectivity index (χ4v) is 2.83. The summed E-state index contributed by atoms with van der Waals surface area (Å²) in [7, 11) is 1.12. The van der Waals surface area contributed by atoms with Crippen LogP contribution in [-0.4, -0.2) is 28.5 Å². The zero-order chi connectivity index (χ0) is 20.8. The van der Waals surface area contributed by atoms with Crippen molar-refractivity contribution in [2.75, 3.05) is 12.4 Å². The third kappa shape index (κ3) is 4.43. The summed E-state index contributed by atoms with van der Waals surface area (Å²) in [5.74, 6) is -1.38. The average Bonchev–Trinajstić information content (AvgIpc) is 2.68. The minimum Gasteiger partial charge on any atom is -0.465 e. The number of aromatic nitrogens is 1. The summed E-state index contributed by atoms with van der Waals surface area (Å²) in [6, 6.07) is 6.53. The molecule has 1 amide bonds. The number of nitrogens with zero attached hydrogens (tertiary/aromatic N) is 2. The lowest BCUT2D eigenvalue weighted by Gasteiger charge is -2.15. The fourth-order valence-electron chi connectivity index (χ4n) is 2.83. The van der Waals surface area contributed by atoms with E-state index in [0.717, 1.165) is 35.1 Å². The number of hydrogen-bond donors (Lipinski definition) is 1. The van der Waals surface area contributed by atoms with Gasteiger partial charge in [-0.15, -0.1) is 0 Å². The molecule has 0 spiro atoms. The molecule has 9 nitrogen and oxygen atoms in total. The van der Waals surface area contributed by atoms with E-state index >= 15 is 0 Å². The van der Waals surface area contributed by atoms with Gasteiger partial charge >= 0.3 is 17.2 Å². The number of aryl methyl sites for hydroxylation is 2. The topological polar surface area (TPSA) is 121 Å². The van der Waals surface area contributed by atoms with Crippen LogP contribution >= 0.6 is 0 Å². The molecule has 0 aliphatic rings. The van der Waals surface area contributed by atoms with Gasteiger partial charge in [-0.1, -0.05) is 32.0 Å². The molecule has 0 fully saturated rings. The molecule has 0 radical (unpaired) electrons. The minimum absolute atomic E-state index is 0.190. The average molecular weight is 387 g/mol. The van der Waals surface area contributed by atoms with Crippen molar-refractivity contribution in [1.82, 2.24) is 4.57 Å². The molecule has 0 unspecified atom stereocenters. The maximum atomic E-state index is 12.5. The molecule has 0 bridgehead atoms. The number of para-hydroxylation sites is 1. The molecule has 0 atom stereocenters. The van der Waals surface area contributed by atoms with E-state index in [2.05, 4.69) is 10.1 Å². The van der Waals surface area contributed by atoms with Gasteiger partial charge < -0.3 is 10.1 Å². The van der Waals surface area contributed by atoms with E-state index < -0.39 is 34.6 Å². The van der Waals surface area contributed by atoms with Gasteiger partial charge in [0.25, 0.3) is 0 Å². The lowest BCUT2D eigenvalue weighted by atomic mass is 10.0. The second-order valence-electron chi connectivity index (χ2n) is 6.00. The Hall–Kier alpha value is -3.49. The summed E-state index contributed by atoms with van der Waals surface area (Å²) in [5.41, 5.74) is 0.573. The molecule has 2 rings (SSSR count). The highest BCUT2D eigenvalue weighted by atomic mass is 16.6. The Labute approximate surface area is 161 Å². The van der Waals surface area contributed by atoms with Gasteiger partial charge in [-0.25, -0.2) is 4.79 Å². The Morgan fingerprint density at radius 1 is 1.21 bits per heavy atom. The van der Waals surface area contributed by atoms with Gasteiger partial charge in [0.2, 0.25) is 5.91 Å². The van der Waals surface area contributed by atoms with Crippen molar-refractivity contribution in [3.63, 3.8) is 0 Å². The highest BCUT2D eigenvalue weighted by Crippen LogP contribution is 2.22. The van der Waals surface area contributed by atoms with E-state index in [-0.39, 0.29) is 5.56 Å². The van der Waals surface area contributed by atoms with Crippen LogP contribution in [0.15, 0.2) is 35.3 Å². The van der Waals surface area contributed by atoms with Gasteiger partial charge in [-0.05, 0) is 24.0 Å². The van der Waals surface area contributed by atoms with Crippen molar-refractivity contribution < 1.29 is 19.2 Å². The first-order valence-corrected chi connectivity index (χ1v) is 8.70. The van der Waals surface area contributed by atoms with Gasteiger partial charge in [0, 0.05) is 18.0 Å². The summed E-state index contributed by atoms with van der Waals surface area (Å²) in [4.78, 5) is 46.8. The number of carbonyl (C=O) groups is 2. The zero-order valence-electron chi connectivity index (χ0n) is 15.9. The Morgan fingerprint density at radius 3 is 2.32 bits per heavy atom.